The van der Waals surface area contributed by atoms with Crippen molar-refractivity contribution in [2.75, 3.05) is 19.6 Å². The van der Waals surface area contributed by atoms with E-state index in [9.17, 15) is 4.79 Å². The number of hydrogen-bond donors (Lipinski definition) is 1. The Balaban J connectivity index is 2.53. The van der Waals surface area contributed by atoms with E-state index in [4.69, 9.17) is 0 Å². The molecular formula is C15H30N2O. The first-order valence-corrected chi connectivity index (χ1v) is 7.38. The largest absolute Gasteiger partial charge is 0.341 e. The van der Waals surface area contributed by atoms with Crippen LogP contribution >= 0.6 is 0 Å². The average molecular weight is 254 g/mol. The molecule has 0 saturated carbocycles. The van der Waals surface area contributed by atoms with E-state index in [-0.39, 0.29) is 11.5 Å². The highest BCUT2D eigenvalue weighted by atomic mass is 16.2. The van der Waals surface area contributed by atoms with E-state index in [0.29, 0.717) is 11.8 Å². The van der Waals surface area contributed by atoms with Crippen molar-refractivity contribution in [3.8, 4) is 0 Å². The quantitative estimate of drug-likeness (QED) is 0.818. The van der Waals surface area contributed by atoms with Crippen LogP contribution in [0.2, 0.25) is 0 Å². The highest BCUT2D eigenvalue weighted by molar-refractivity contribution is 5.82. The Bertz CT molecular complexity index is 270. The molecule has 18 heavy (non-hydrogen) atoms. The molecule has 0 bridgehead atoms. The Morgan fingerprint density at radius 1 is 1.44 bits per heavy atom. The van der Waals surface area contributed by atoms with Crippen molar-refractivity contribution >= 4 is 5.91 Å². The van der Waals surface area contributed by atoms with Gasteiger partial charge in [0.25, 0.3) is 0 Å². The molecule has 2 atom stereocenters. The molecule has 2 unspecified atom stereocenters. The van der Waals surface area contributed by atoms with Crippen LogP contribution in [0.25, 0.3) is 0 Å². The van der Waals surface area contributed by atoms with Crippen molar-refractivity contribution in [3.05, 3.63) is 0 Å². The maximum atomic E-state index is 12.4. The van der Waals surface area contributed by atoms with Crippen LogP contribution in [0.3, 0.4) is 0 Å². The van der Waals surface area contributed by atoms with Gasteiger partial charge in [-0.2, -0.15) is 0 Å². The van der Waals surface area contributed by atoms with Gasteiger partial charge in [0.15, 0.2) is 0 Å². The summed E-state index contributed by atoms with van der Waals surface area (Å²) >= 11 is 0. The molecule has 1 heterocycles. The third-order valence-electron chi connectivity index (χ3n) is 4.14. The van der Waals surface area contributed by atoms with Gasteiger partial charge in [-0.3, -0.25) is 4.79 Å². The predicted octanol–water partition coefficient (Wildman–Crippen LogP) is 2.66. The van der Waals surface area contributed by atoms with E-state index >= 15 is 0 Å². The number of amides is 1. The number of carbonyl (C=O) groups excluding carboxylic acids is 1. The Kier molecular flexibility index (Phi) is 5.64. The molecule has 3 heteroatoms. The minimum Gasteiger partial charge on any atom is -0.341 e. The second-order valence-corrected chi connectivity index (χ2v) is 6.70. The van der Waals surface area contributed by atoms with Crippen LogP contribution < -0.4 is 5.32 Å². The second kappa shape index (κ2) is 6.55. The molecule has 0 radical (unpaired) electrons. The topological polar surface area (TPSA) is 32.3 Å². The first kappa shape index (κ1) is 15.5. The molecule has 3 nitrogen and oxygen atoms in total. The molecule has 0 aromatic carbocycles. The lowest BCUT2D eigenvalue weighted by Crippen LogP contribution is -2.52. The third kappa shape index (κ3) is 4.27. The molecule has 0 aliphatic carbocycles. The Morgan fingerprint density at radius 2 is 2.11 bits per heavy atom. The predicted molar refractivity (Wildman–Crippen MR) is 76.5 cm³/mol. The van der Waals surface area contributed by atoms with Crippen molar-refractivity contribution < 1.29 is 4.79 Å². The lowest BCUT2D eigenvalue weighted by Gasteiger charge is -2.37. The van der Waals surface area contributed by atoms with Gasteiger partial charge in [-0.25, -0.2) is 0 Å². The Hall–Kier alpha value is -0.570. The maximum Gasteiger partial charge on any atom is 0.239 e. The first-order valence-electron chi connectivity index (χ1n) is 7.38. The van der Waals surface area contributed by atoms with Crippen molar-refractivity contribution in [2.24, 2.45) is 11.3 Å². The summed E-state index contributed by atoms with van der Waals surface area (Å²) in [5.41, 5.74) is 0.268. The molecule has 1 aliphatic heterocycles. The van der Waals surface area contributed by atoms with Crippen LogP contribution in [-0.4, -0.2) is 36.5 Å². The van der Waals surface area contributed by atoms with Crippen molar-refractivity contribution in [3.63, 3.8) is 0 Å². The maximum absolute atomic E-state index is 12.4. The van der Waals surface area contributed by atoms with E-state index in [1.165, 1.54) is 0 Å². The summed E-state index contributed by atoms with van der Waals surface area (Å²) in [6.45, 7) is 13.9. The van der Waals surface area contributed by atoms with Gasteiger partial charge in [-0.05, 0) is 37.1 Å². The smallest absolute Gasteiger partial charge is 0.239 e. The standard InChI is InChI=1S/C15H30N2O/c1-6-9-16-13-8-7-10-17(14(13)18)11-12(2)15(3,4)5/h12-13,16H,6-11H2,1-5H3. The van der Waals surface area contributed by atoms with Crippen LogP contribution in [0.5, 0.6) is 0 Å². The lowest BCUT2D eigenvalue weighted by molar-refractivity contribution is -0.137. The number of carbonyl (C=O) groups is 1. The van der Waals surface area contributed by atoms with Crippen LogP contribution in [0.4, 0.5) is 0 Å². The fraction of sp³-hybridized carbons (Fsp3) is 0.933. The number of rotatable bonds is 5. The summed E-state index contributed by atoms with van der Waals surface area (Å²) in [5.74, 6) is 0.845. The number of nitrogens with zero attached hydrogens (tertiary/aromatic N) is 1. The zero-order chi connectivity index (χ0) is 13.8. The summed E-state index contributed by atoms with van der Waals surface area (Å²) in [7, 11) is 0. The number of nitrogens with one attached hydrogen (secondary N) is 1. The summed E-state index contributed by atoms with van der Waals surface area (Å²) in [5, 5.41) is 3.37. The lowest BCUT2D eigenvalue weighted by atomic mass is 9.81. The molecule has 1 amide bonds. The van der Waals surface area contributed by atoms with Gasteiger partial charge < -0.3 is 10.2 Å². The normalized spacial score (nSPS) is 23.3. The van der Waals surface area contributed by atoms with E-state index < -0.39 is 0 Å². The van der Waals surface area contributed by atoms with E-state index in [0.717, 1.165) is 38.9 Å². The zero-order valence-corrected chi connectivity index (χ0v) is 12.8. The third-order valence-corrected chi connectivity index (χ3v) is 4.14. The fourth-order valence-electron chi connectivity index (χ4n) is 2.23. The highest BCUT2D eigenvalue weighted by Crippen LogP contribution is 2.27. The van der Waals surface area contributed by atoms with Gasteiger partial charge in [0.2, 0.25) is 5.91 Å². The SMILES string of the molecule is CCCNC1CCCN(CC(C)C(C)(C)C)C1=O. The van der Waals surface area contributed by atoms with Gasteiger partial charge in [0.05, 0.1) is 6.04 Å². The first-order chi connectivity index (χ1) is 8.36. The molecule has 1 rings (SSSR count). The van der Waals surface area contributed by atoms with Gasteiger partial charge in [-0.1, -0.05) is 34.6 Å². The minimum absolute atomic E-state index is 0.0610. The summed E-state index contributed by atoms with van der Waals surface area (Å²) in [6, 6.07) is 0.0610. The molecular weight excluding hydrogens is 224 g/mol. The van der Waals surface area contributed by atoms with Crippen LogP contribution in [0.15, 0.2) is 0 Å². The Labute approximate surface area is 112 Å². The number of piperidine rings is 1. The van der Waals surface area contributed by atoms with Gasteiger partial charge in [0, 0.05) is 13.1 Å². The van der Waals surface area contributed by atoms with Gasteiger partial charge in [0.1, 0.15) is 0 Å². The summed E-state index contributed by atoms with van der Waals surface area (Å²) < 4.78 is 0. The van der Waals surface area contributed by atoms with Crippen LogP contribution in [0.1, 0.15) is 53.9 Å². The van der Waals surface area contributed by atoms with Crippen LogP contribution in [0, 0.1) is 11.3 Å². The monoisotopic (exact) mass is 254 g/mol. The zero-order valence-electron chi connectivity index (χ0n) is 12.8. The van der Waals surface area contributed by atoms with E-state index in [1.807, 2.05) is 0 Å². The molecule has 1 saturated heterocycles. The molecule has 0 spiro atoms. The molecule has 0 aromatic rings. The second-order valence-electron chi connectivity index (χ2n) is 6.70. The minimum atomic E-state index is 0.0610. The van der Waals surface area contributed by atoms with Gasteiger partial charge >= 0.3 is 0 Å². The summed E-state index contributed by atoms with van der Waals surface area (Å²) in [4.78, 5) is 14.4. The average Bonchev–Trinajstić information content (AvgIpc) is 2.29. The Morgan fingerprint density at radius 3 is 2.67 bits per heavy atom. The molecule has 0 aromatic heterocycles. The number of likely N-dealkylation sites (tertiary alicyclic amines) is 1. The molecule has 1 aliphatic rings. The van der Waals surface area contributed by atoms with E-state index in [1.54, 1.807) is 0 Å². The van der Waals surface area contributed by atoms with Crippen molar-refractivity contribution in [1.82, 2.24) is 10.2 Å². The van der Waals surface area contributed by atoms with E-state index in [2.05, 4.69) is 44.8 Å². The van der Waals surface area contributed by atoms with Gasteiger partial charge in [-0.15, -0.1) is 0 Å². The molecule has 1 N–H and O–H groups in total. The highest BCUT2D eigenvalue weighted by Gasteiger charge is 2.31. The number of hydrogen-bond acceptors (Lipinski definition) is 2. The fourth-order valence-corrected chi connectivity index (χ4v) is 2.23. The molecule has 1 fully saturated rings. The van der Waals surface area contributed by atoms with Crippen LogP contribution in [-0.2, 0) is 4.79 Å². The van der Waals surface area contributed by atoms with Crippen molar-refractivity contribution in [2.45, 2.75) is 59.9 Å². The summed E-state index contributed by atoms with van der Waals surface area (Å²) in [6.07, 6.45) is 3.21. The molecule has 106 valence electrons. The van der Waals surface area contributed by atoms with Crippen molar-refractivity contribution in [1.29, 1.82) is 0 Å².